The smallest absolute Gasteiger partial charge is 0.252 e. The summed E-state index contributed by atoms with van der Waals surface area (Å²) in [6.07, 6.45) is 1.42. The van der Waals surface area contributed by atoms with E-state index in [1.165, 1.54) is 13.3 Å². The number of hydrogen-bond acceptors (Lipinski definition) is 6. The van der Waals surface area contributed by atoms with Crippen molar-refractivity contribution in [2.24, 2.45) is 16.9 Å². The first-order chi connectivity index (χ1) is 14.3. The average molecular weight is 525 g/mol. The number of phenols is 1. The number of benzene rings is 2. The summed E-state index contributed by atoms with van der Waals surface area (Å²) >= 11 is 1.97. The lowest BCUT2D eigenvalue weighted by atomic mass is 9.94. The van der Waals surface area contributed by atoms with E-state index >= 15 is 0 Å². The van der Waals surface area contributed by atoms with Crippen molar-refractivity contribution in [2.75, 3.05) is 19.5 Å². The molecule has 3 N–H and O–H groups in total. The largest absolute Gasteiger partial charge is 0.504 e. The maximum absolute atomic E-state index is 12.6. The molecule has 2 rings (SSSR count). The number of amides is 2. The number of halogens is 1. The molecule has 0 bridgehead atoms. The summed E-state index contributed by atoms with van der Waals surface area (Å²) in [5.74, 6) is -1.12. The highest BCUT2D eigenvalue weighted by molar-refractivity contribution is 14.1. The van der Waals surface area contributed by atoms with Crippen LogP contribution in [-0.4, -0.2) is 37.4 Å². The van der Waals surface area contributed by atoms with Gasteiger partial charge in [0, 0.05) is 5.69 Å². The zero-order chi connectivity index (χ0) is 22.3. The van der Waals surface area contributed by atoms with Crippen molar-refractivity contribution < 1.29 is 24.2 Å². The van der Waals surface area contributed by atoms with E-state index in [2.05, 4.69) is 15.8 Å². The Morgan fingerprint density at radius 1 is 1.10 bits per heavy atom. The van der Waals surface area contributed by atoms with E-state index in [4.69, 9.17) is 9.47 Å². The average Bonchev–Trinajstić information content (AvgIpc) is 2.70. The first-order valence-corrected chi connectivity index (χ1v) is 10.2. The van der Waals surface area contributed by atoms with Crippen LogP contribution in [0.4, 0.5) is 5.69 Å². The monoisotopic (exact) mass is 525 g/mol. The Hall–Kier alpha value is -2.82. The molecule has 1 unspecified atom stereocenters. The third-order valence-electron chi connectivity index (χ3n) is 4.25. The fourth-order valence-electron chi connectivity index (χ4n) is 2.68. The van der Waals surface area contributed by atoms with Gasteiger partial charge in [0.25, 0.3) is 5.91 Å². The Morgan fingerprint density at radius 3 is 2.33 bits per heavy atom. The molecule has 0 saturated carbocycles. The summed E-state index contributed by atoms with van der Waals surface area (Å²) < 4.78 is 10.8. The molecule has 9 heteroatoms. The van der Waals surface area contributed by atoms with Gasteiger partial charge in [0.05, 0.1) is 24.0 Å². The third-order valence-corrected chi connectivity index (χ3v) is 5.07. The van der Waals surface area contributed by atoms with Gasteiger partial charge in [-0.15, -0.1) is 0 Å². The van der Waals surface area contributed by atoms with Gasteiger partial charge in [-0.2, -0.15) is 5.10 Å². The molecule has 2 aromatic carbocycles. The summed E-state index contributed by atoms with van der Waals surface area (Å²) in [7, 11) is 3.00. The molecule has 0 aliphatic carbocycles. The van der Waals surface area contributed by atoms with Gasteiger partial charge in [0.1, 0.15) is 11.7 Å². The van der Waals surface area contributed by atoms with Gasteiger partial charge in [-0.3, -0.25) is 9.59 Å². The number of ether oxygens (including phenoxy) is 2. The maximum Gasteiger partial charge on any atom is 0.252 e. The molecule has 0 aromatic heterocycles. The zero-order valence-electron chi connectivity index (χ0n) is 17.1. The van der Waals surface area contributed by atoms with Crippen LogP contribution in [0.2, 0.25) is 0 Å². The Kier molecular flexibility index (Phi) is 8.46. The van der Waals surface area contributed by atoms with Crippen LogP contribution < -0.4 is 20.2 Å². The molecule has 0 saturated heterocycles. The van der Waals surface area contributed by atoms with Gasteiger partial charge >= 0.3 is 0 Å². The molecule has 0 heterocycles. The van der Waals surface area contributed by atoms with Crippen molar-refractivity contribution in [3.05, 3.63) is 45.5 Å². The van der Waals surface area contributed by atoms with Gasteiger partial charge in [-0.05, 0) is 70.5 Å². The van der Waals surface area contributed by atoms with E-state index in [1.807, 2.05) is 22.6 Å². The fourth-order valence-corrected chi connectivity index (χ4v) is 3.31. The van der Waals surface area contributed by atoms with Crippen LogP contribution >= 0.6 is 22.6 Å². The van der Waals surface area contributed by atoms with Crippen molar-refractivity contribution in [2.45, 2.75) is 13.8 Å². The van der Waals surface area contributed by atoms with E-state index in [1.54, 1.807) is 57.4 Å². The Bertz CT molecular complexity index is 929. The van der Waals surface area contributed by atoms with Gasteiger partial charge in [-0.1, -0.05) is 13.8 Å². The van der Waals surface area contributed by atoms with Crippen molar-refractivity contribution >= 4 is 46.3 Å². The number of aromatic hydroxyl groups is 1. The minimum atomic E-state index is -0.932. The molecule has 0 aliphatic rings. The summed E-state index contributed by atoms with van der Waals surface area (Å²) in [4.78, 5) is 25.2. The number of hydrazone groups is 1. The predicted molar refractivity (Wildman–Crippen MR) is 123 cm³/mol. The van der Waals surface area contributed by atoms with Gasteiger partial charge in [0.2, 0.25) is 5.91 Å². The molecule has 0 spiro atoms. The highest BCUT2D eigenvalue weighted by Gasteiger charge is 2.30. The molecule has 0 radical (unpaired) electrons. The van der Waals surface area contributed by atoms with Crippen LogP contribution in [0.3, 0.4) is 0 Å². The second-order valence-corrected chi connectivity index (χ2v) is 7.89. The molecule has 0 aliphatic heterocycles. The number of nitrogens with one attached hydrogen (secondary N) is 2. The summed E-state index contributed by atoms with van der Waals surface area (Å²) in [5, 5.41) is 16.6. The zero-order valence-corrected chi connectivity index (χ0v) is 19.3. The van der Waals surface area contributed by atoms with Crippen molar-refractivity contribution in [3.63, 3.8) is 0 Å². The van der Waals surface area contributed by atoms with Crippen LogP contribution in [-0.2, 0) is 9.59 Å². The van der Waals surface area contributed by atoms with Crippen molar-refractivity contribution in [1.29, 1.82) is 0 Å². The standard InChI is InChI=1S/C21H24IN3O5/c1-12(2)18(20(27)24-14-5-7-15(29-3)8-6-14)21(28)25-23-11-13-9-16(22)19(26)17(10-13)30-4/h5-12,18,26H,1-4H3,(H,24,27)(H,25,28)/b23-11+. The van der Waals surface area contributed by atoms with E-state index in [0.29, 0.717) is 26.3 Å². The van der Waals surface area contributed by atoms with Crippen LogP contribution in [0.5, 0.6) is 17.2 Å². The quantitative estimate of drug-likeness (QED) is 0.212. The minimum absolute atomic E-state index is 0.0364. The van der Waals surface area contributed by atoms with Crippen LogP contribution in [0.15, 0.2) is 41.5 Å². The number of anilines is 1. The summed E-state index contributed by atoms with van der Waals surface area (Å²) in [6, 6.07) is 10.1. The molecular formula is C21H24IN3O5. The molecule has 2 aromatic rings. The van der Waals surface area contributed by atoms with E-state index < -0.39 is 17.7 Å². The number of phenolic OH excluding ortho intramolecular Hbond substituents is 1. The molecule has 1 atom stereocenters. The number of hydrogen-bond donors (Lipinski definition) is 3. The van der Waals surface area contributed by atoms with E-state index in [-0.39, 0.29) is 11.7 Å². The lowest BCUT2D eigenvalue weighted by Gasteiger charge is -2.18. The highest BCUT2D eigenvalue weighted by atomic mass is 127. The van der Waals surface area contributed by atoms with Crippen molar-refractivity contribution in [1.82, 2.24) is 5.43 Å². The first-order valence-electron chi connectivity index (χ1n) is 9.11. The third kappa shape index (κ3) is 6.09. The Labute approximate surface area is 188 Å². The number of nitrogens with zero attached hydrogens (tertiary/aromatic N) is 1. The van der Waals surface area contributed by atoms with Crippen LogP contribution in [0, 0.1) is 15.4 Å². The summed E-state index contributed by atoms with van der Waals surface area (Å²) in [6.45, 7) is 3.57. The molecule has 8 nitrogen and oxygen atoms in total. The summed E-state index contributed by atoms with van der Waals surface area (Å²) in [5.41, 5.74) is 3.60. The van der Waals surface area contributed by atoms with E-state index in [9.17, 15) is 14.7 Å². The Morgan fingerprint density at radius 2 is 1.77 bits per heavy atom. The van der Waals surface area contributed by atoms with Gasteiger partial charge < -0.3 is 19.9 Å². The lowest BCUT2D eigenvalue weighted by Crippen LogP contribution is -2.39. The Balaban J connectivity index is 2.07. The van der Waals surface area contributed by atoms with Crippen molar-refractivity contribution in [3.8, 4) is 17.2 Å². The van der Waals surface area contributed by atoms with Crippen LogP contribution in [0.1, 0.15) is 19.4 Å². The molecule has 0 fully saturated rings. The first kappa shape index (κ1) is 23.5. The predicted octanol–water partition coefficient (Wildman–Crippen LogP) is 3.38. The van der Waals surface area contributed by atoms with Gasteiger partial charge in [0.15, 0.2) is 11.5 Å². The fraction of sp³-hybridized carbons (Fsp3) is 0.286. The molecule has 30 heavy (non-hydrogen) atoms. The number of carbonyl (C=O) groups excluding carboxylic acids is 2. The van der Waals surface area contributed by atoms with E-state index in [0.717, 1.165) is 0 Å². The minimum Gasteiger partial charge on any atom is -0.504 e. The highest BCUT2D eigenvalue weighted by Crippen LogP contribution is 2.31. The molecule has 2 amide bonds. The number of rotatable bonds is 8. The number of carbonyl (C=O) groups is 2. The normalized spacial score (nSPS) is 11.9. The second kappa shape index (κ2) is 10.8. The van der Waals surface area contributed by atoms with Gasteiger partial charge in [-0.25, -0.2) is 5.43 Å². The number of methoxy groups -OCH3 is 2. The van der Waals surface area contributed by atoms with Crippen LogP contribution in [0.25, 0.3) is 0 Å². The SMILES string of the molecule is COc1ccc(NC(=O)C(C(=O)N/N=C/c2cc(I)c(O)c(OC)c2)C(C)C)cc1. The second-order valence-electron chi connectivity index (χ2n) is 6.73. The molecular weight excluding hydrogens is 501 g/mol. The molecule has 160 valence electrons. The maximum atomic E-state index is 12.6. The topological polar surface area (TPSA) is 109 Å². The lowest BCUT2D eigenvalue weighted by molar-refractivity contribution is -0.134.